The number of nitrogens with one attached hydrogen (secondary N) is 2. The molecule has 3 aromatic rings. The van der Waals surface area contributed by atoms with Crippen molar-refractivity contribution in [3.63, 3.8) is 0 Å². The van der Waals surface area contributed by atoms with Crippen LogP contribution in [0.25, 0.3) is 22.0 Å². The largest absolute Gasteiger partial charge is 0.366 e. The van der Waals surface area contributed by atoms with Gasteiger partial charge in [-0.25, -0.2) is 21.1 Å². The quantitative estimate of drug-likeness (QED) is 0.453. The van der Waals surface area contributed by atoms with Crippen LogP contribution in [0.15, 0.2) is 42.6 Å². The molecular formula is C23H28N4O5S2. The zero-order chi connectivity index (χ0) is 24.7. The van der Waals surface area contributed by atoms with E-state index < -0.39 is 26.0 Å². The van der Waals surface area contributed by atoms with Gasteiger partial charge in [0.2, 0.25) is 20.0 Å². The van der Waals surface area contributed by atoms with Crippen LogP contribution in [-0.4, -0.2) is 57.1 Å². The number of piperidine rings is 1. The Hall–Kier alpha value is -2.89. The van der Waals surface area contributed by atoms with Gasteiger partial charge in [0, 0.05) is 30.4 Å². The SMILES string of the molecule is CCS(=O)(=O)N1CCC(c2c[nH]c3c(C(N)=O)cc(-c4cccc(NS(C)(=O)=O)c4)cc23)CC1. The first kappa shape index (κ1) is 24.2. The lowest BCUT2D eigenvalue weighted by atomic mass is 9.88. The second-order valence-corrected chi connectivity index (χ2v) is 12.6. The van der Waals surface area contributed by atoms with Crippen LogP contribution in [-0.2, 0) is 20.0 Å². The lowest BCUT2D eigenvalue weighted by molar-refractivity contribution is 0.100. The van der Waals surface area contributed by atoms with Crippen molar-refractivity contribution >= 4 is 42.5 Å². The van der Waals surface area contributed by atoms with Crippen molar-refractivity contribution in [3.05, 3.63) is 53.7 Å². The van der Waals surface area contributed by atoms with Crippen LogP contribution >= 0.6 is 0 Å². The summed E-state index contributed by atoms with van der Waals surface area (Å²) in [5, 5.41) is 0.851. The first-order valence-electron chi connectivity index (χ1n) is 11.0. The average molecular weight is 505 g/mol. The topological polar surface area (TPSA) is 142 Å². The number of carbonyl (C=O) groups excluding carboxylic acids is 1. The van der Waals surface area contributed by atoms with Gasteiger partial charge in [-0.2, -0.15) is 0 Å². The number of benzene rings is 2. The number of nitrogens with zero attached hydrogens (tertiary/aromatic N) is 1. The standard InChI is InChI=1S/C23H28N4O5S2/c1-3-34(31,32)27-9-7-15(8-10-27)21-14-25-22-19(21)12-17(13-20(22)23(24)28)16-5-4-6-18(11-16)26-33(2,29)30/h4-6,11-15,25-26H,3,7-10H2,1-2H3,(H2,24,28). The molecule has 4 N–H and O–H groups in total. The molecule has 1 aliphatic rings. The Bertz CT molecular complexity index is 1450. The molecule has 0 radical (unpaired) electrons. The maximum Gasteiger partial charge on any atom is 0.250 e. The molecule has 1 saturated heterocycles. The van der Waals surface area contributed by atoms with Crippen molar-refractivity contribution in [1.82, 2.24) is 9.29 Å². The third-order valence-corrected chi connectivity index (χ3v) is 8.73. The summed E-state index contributed by atoms with van der Waals surface area (Å²) < 4.78 is 51.7. The molecule has 0 unspecified atom stereocenters. The van der Waals surface area contributed by atoms with Gasteiger partial charge < -0.3 is 10.7 Å². The van der Waals surface area contributed by atoms with Crippen molar-refractivity contribution in [1.29, 1.82) is 0 Å². The van der Waals surface area contributed by atoms with Crippen LogP contribution in [0.2, 0.25) is 0 Å². The van der Waals surface area contributed by atoms with E-state index in [1.165, 1.54) is 0 Å². The fourth-order valence-corrected chi connectivity index (χ4v) is 6.24. The predicted octanol–water partition coefficient (Wildman–Crippen LogP) is 2.83. The summed E-state index contributed by atoms with van der Waals surface area (Å²) in [6, 6.07) is 10.6. The molecule has 0 aliphatic carbocycles. The Morgan fingerprint density at radius 3 is 2.44 bits per heavy atom. The van der Waals surface area contributed by atoms with Gasteiger partial charge in [0.15, 0.2) is 0 Å². The smallest absolute Gasteiger partial charge is 0.250 e. The van der Waals surface area contributed by atoms with Gasteiger partial charge in [0.1, 0.15) is 0 Å². The van der Waals surface area contributed by atoms with Crippen LogP contribution in [0.5, 0.6) is 0 Å². The summed E-state index contributed by atoms with van der Waals surface area (Å²) >= 11 is 0. The number of rotatable bonds is 7. The molecule has 0 saturated carbocycles. The van der Waals surface area contributed by atoms with Gasteiger partial charge in [0.05, 0.1) is 23.1 Å². The number of primary amides is 1. The third kappa shape index (κ3) is 4.96. The normalized spacial score (nSPS) is 16.1. The number of fused-ring (bicyclic) bond motifs is 1. The zero-order valence-electron chi connectivity index (χ0n) is 19.0. The maximum atomic E-state index is 12.3. The van der Waals surface area contributed by atoms with Gasteiger partial charge in [-0.1, -0.05) is 12.1 Å². The summed E-state index contributed by atoms with van der Waals surface area (Å²) in [5.74, 6) is -0.357. The van der Waals surface area contributed by atoms with Crippen molar-refractivity contribution in [2.45, 2.75) is 25.7 Å². The van der Waals surface area contributed by atoms with Gasteiger partial charge in [-0.15, -0.1) is 0 Å². The number of carbonyl (C=O) groups is 1. The monoisotopic (exact) mass is 504 g/mol. The minimum Gasteiger partial charge on any atom is -0.366 e. The molecule has 0 atom stereocenters. The fraction of sp³-hybridized carbons (Fsp3) is 0.348. The Labute approximate surface area is 199 Å². The van der Waals surface area contributed by atoms with E-state index in [0.717, 1.165) is 28.3 Å². The number of sulfonamides is 2. The highest BCUT2D eigenvalue weighted by atomic mass is 32.2. The zero-order valence-corrected chi connectivity index (χ0v) is 20.7. The minimum absolute atomic E-state index is 0.0866. The molecule has 1 aliphatic heterocycles. The van der Waals surface area contributed by atoms with E-state index in [-0.39, 0.29) is 11.7 Å². The molecular weight excluding hydrogens is 476 g/mol. The number of nitrogens with two attached hydrogens (primary N) is 1. The third-order valence-electron chi connectivity index (χ3n) is 6.24. The molecule has 1 aromatic heterocycles. The van der Waals surface area contributed by atoms with Gasteiger partial charge >= 0.3 is 0 Å². The summed E-state index contributed by atoms with van der Waals surface area (Å²) in [6.45, 7) is 2.55. The van der Waals surface area contributed by atoms with Gasteiger partial charge in [-0.05, 0) is 66.6 Å². The number of aromatic amines is 1. The van der Waals surface area contributed by atoms with Crippen molar-refractivity contribution in [3.8, 4) is 11.1 Å². The first-order valence-corrected chi connectivity index (χ1v) is 14.5. The number of H-pyrrole nitrogens is 1. The molecule has 0 bridgehead atoms. The molecule has 9 nitrogen and oxygen atoms in total. The van der Waals surface area contributed by atoms with Crippen LogP contribution in [0.1, 0.15) is 41.6 Å². The lowest BCUT2D eigenvalue weighted by Crippen LogP contribution is -2.38. The van der Waals surface area contributed by atoms with E-state index >= 15 is 0 Å². The summed E-state index contributed by atoms with van der Waals surface area (Å²) in [7, 11) is -6.66. The number of hydrogen-bond donors (Lipinski definition) is 3. The Kier molecular flexibility index (Phi) is 6.45. The fourth-order valence-electron chi connectivity index (χ4n) is 4.56. The molecule has 11 heteroatoms. The number of aromatic nitrogens is 1. The van der Waals surface area contributed by atoms with Crippen LogP contribution < -0.4 is 10.5 Å². The van der Waals surface area contributed by atoms with E-state index in [1.54, 1.807) is 35.5 Å². The highest BCUT2D eigenvalue weighted by molar-refractivity contribution is 7.92. The van der Waals surface area contributed by atoms with E-state index in [1.807, 2.05) is 18.3 Å². The molecule has 1 fully saturated rings. The molecule has 34 heavy (non-hydrogen) atoms. The first-order chi connectivity index (χ1) is 16.0. The van der Waals surface area contributed by atoms with E-state index in [4.69, 9.17) is 5.73 Å². The van der Waals surface area contributed by atoms with Gasteiger partial charge in [-0.3, -0.25) is 9.52 Å². The lowest BCUT2D eigenvalue weighted by Gasteiger charge is -2.31. The second-order valence-electron chi connectivity index (χ2n) is 8.58. The number of amides is 1. The number of anilines is 1. The molecule has 182 valence electrons. The molecule has 0 spiro atoms. The van der Waals surface area contributed by atoms with E-state index in [9.17, 15) is 21.6 Å². The average Bonchev–Trinajstić information content (AvgIpc) is 3.21. The Balaban J connectivity index is 1.74. The van der Waals surface area contributed by atoms with Crippen molar-refractivity contribution in [2.24, 2.45) is 5.73 Å². The number of hydrogen-bond acceptors (Lipinski definition) is 5. The highest BCUT2D eigenvalue weighted by Crippen LogP contribution is 2.37. The van der Waals surface area contributed by atoms with Gasteiger partial charge in [0.25, 0.3) is 5.91 Å². The van der Waals surface area contributed by atoms with Crippen LogP contribution in [0.3, 0.4) is 0 Å². The summed E-state index contributed by atoms with van der Waals surface area (Å²) in [5.41, 5.74) is 9.55. The summed E-state index contributed by atoms with van der Waals surface area (Å²) in [6.07, 6.45) is 4.31. The van der Waals surface area contributed by atoms with Crippen LogP contribution in [0.4, 0.5) is 5.69 Å². The van der Waals surface area contributed by atoms with Crippen molar-refractivity contribution in [2.75, 3.05) is 29.8 Å². The molecule has 4 rings (SSSR count). The summed E-state index contributed by atoms with van der Waals surface area (Å²) in [4.78, 5) is 15.4. The molecule has 1 amide bonds. The van der Waals surface area contributed by atoms with E-state index in [2.05, 4.69) is 9.71 Å². The van der Waals surface area contributed by atoms with Crippen molar-refractivity contribution < 1.29 is 21.6 Å². The van der Waals surface area contributed by atoms with E-state index in [0.29, 0.717) is 42.7 Å². The minimum atomic E-state index is -3.44. The molecule has 2 heterocycles. The molecule has 2 aromatic carbocycles. The van der Waals surface area contributed by atoms with Crippen LogP contribution in [0, 0.1) is 0 Å². The predicted molar refractivity (Wildman–Crippen MR) is 134 cm³/mol. The maximum absolute atomic E-state index is 12.3. The highest BCUT2D eigenvalue weighted by Gasteiger charge is 2.29. The Morgan fingerprint density at radius 1 is 1.12 bits per heavy atom. The second kappa shape index (κ2) is 9.05. The Morgan fingerprint density at radius 2 is 1.82 bits per heavy atom.